The number of morpholine rings is 1. The average molecular weight is 525 g/mol. The molecule has 2 fully saturated rings. The molecule has 11 nitrogen and oxygen atoms in total. The van der Waals surface area contributed by atoms with Crippen LogP contribution in [0.1, 0.15) is 34.1 Å². The fourth-order valence-electron chi connectivity index (χ4n) is 4.71. The maximum atomic E-state index is 12.7. The second-order valence-corrected chi connectivity index (χ2v) is 9.20. The molecule has 2 atom stereocenters. The maximum Gasteiger partial charge on any atom is 0.255 e. The molecule has 4 N–H and O–H groups in total. The van der Waals surface area contributed by atoms with Crippen LogP contribution in [0.2, 0.25) is 0 Å². The molecule has 2 aromatic rings. The molecule has 0 bridgehead atoms. The van der Waals surface area contributed by atoms with Crippen molar-refractivity contribution in [2.75, 3.05) is 72.0 Å². The molecular weight excluding hydrogens is 488 g/mol. The molecule has 1 aromatic carbocycles. The predicted octanol–water partition coefficient (Wildman–Crippen LogP) is 0.894. The maximum absolute atomic E-state index is 12.7. The summed E-state index contributed by atoms with van der Waals surface area (Å²) in [5, 5.41) is 18.4. The summed E-state index contributed by atoms with van der Waals surface area (Å²) in [7, 11) is 3.14. The number of ether oxygens (including phenoxy) is 3. The Hall–Kier alpha value is -3.56. The first-order chi connectivity index (χ1) is 18.4. The van der Waals surface area contributed by atoms with Crippen molar-refractivity contribution in [1.29, 1.82) is 0 Å². The molecule has 0 spiro atoms. The number of amides is 1. The molecule has 0 radical (unpaired) electrons. The first-order valence-corrected chi connectivity index (χ1v) is 12.7. The zero-order valence-electron chi connectivity index (χ0n) is 22.0. The molecule has 1 amide bonds. The van der Waals surface area contributed by atoms with Gasteiger partial charge in [-0.2, -0.15) is 5.10 Å². The Balaban J connectivity index is 1.67. The minimum Gasteiger partial charge on any atom is -0.497 e. The fraction of sp³-hybridized carbons (Fsp3) is 0.481. The Morgan fingerprint density at radius 2 is 1.97 bits per heavy atom. The van der Waals surface area contributed by atoms with Crippen molar-refractivity contribution in [3.8, 4) is 23.3 Å². The molecule has 2 saturated heterocycles. The summed E-state index contributed by atoms with van der Waals surface area (Å²) in [5.74, 6) is 7.25. The van der Waals surface area contributed by atoms with Crippen LogP contribution in [0.25, 0.3) is 0 Å². The Labute approximate surface area is 223 Å². The van der Waals surface area contributed by atoms with E-state index in [2.05, 4.69) is 28.6 Å². The Morgan fingerprint density at radius 3 is 2.61 bits per heavy atom. The summed E-state index contributed by atoms with van der Waals surface area (Å²) >= 11 is 0. The van der Waals surface area contributed by atoms with Crippen LogP contribution < -0.4 is 20.5 Å². The number of anilines is 1. The summed E-state index contributed by atoms with van der Waals surface area (Å²) in [6.45, 7) is 9.43. The van der Waals surface area contributed by atoms with E-state index in [1.54, 1.807) is 37.1 Å². The van der Waals surface area contributed by atoms with Gasteiger partial charge < -0.3 is 30.4 Å². The Kier molecular flexibility index (Phi) is 9.25. The van der Waals surface area contributed by atoms with Gasteiger partial charge in [0.05, 0.1) is 33.5 Å². The highest BCUT2D eigenvalue weighted by Gasteiger charge is 2.32. The van der Waals surface area contributed by atoms with Gasteiger partial charge in [0, 0.05) is 50.9 Å². The largest absolute Gasteiger partial charge is 0.497 e. The van der Waals surface area contributed by atoms with E-state index in [1.165, 1.54) is 6.08 Å². The molecule has 0 saturated carbocycles. The van der Waals surface area contributed by atoms with E-state index < -0.39 is 12.1 Å². The lowest BCUT2D eigenvalue weighted by Crippen LogP contribution is -2.39. The van der Waals surface area contributed by atoms with E-state index in [9.17, 15) is 9.90 Å². The zero-order chi connectivity index (χ0) is 27.1. The summed E-state index contributed by atoms with van der Waals surface area (Å²) in [5.41, 5.74) is 7.05. The van der Waals surface area contributed by atoms with Crippen molar-refractivity contribution in [3.63, 3.8) is 0 Å². The lowest BCUT2D eigenvalue weighted by molar-refractivity contribution is 0.0398. The number of carbonyl (C=O) groups excluding carboxylic acids is 1. The number of nitrogens with zero attached hydrogens (tertiary/aromatic N) is 4. The quantitative estimate of drug-likeness (QED) is 0.307. The molecule has 11 heteroatoms. The number of methoxy groups -OCH3 is 2. The van der Waals surface area contributed by atoms with Gasteiger partial charge in [-0.25, -0.2) is 4.68 Å². The van der Waals surface area contributed by atoms with Crippen LogP contribution in [0, 0.1) is 11.8 Å². The zero-order valence-corrected chi connectivity index (χ0v) is 22.0. The van der Waals surface area contributed by atoms with Gasteiger partial charge in [0.1, 0.15) is 29.1 Å². The van der Waals surface area contributed by atoms with Crippen molar-refractivity contribution in [1.82, 2.24) is 19.6 Å². The SMILES string of the molecule is C=CC(O)N1CC[C@H](n2nc(C#Cc3cc(OC)cc(OC)c3)c(C(N)=O)c2NCCN2CCOCC2)C1. The van der Waals surface area contributed by atoms with E-state index in [1.807, 2.05) is 4.90 Å². The van der Waals surface area contributed by atoms with Crippen molar-refractivity contribution in [2.45, 2.75) is 18.7 Å². The molecule has 38 heavy (non-hydrogen) atoms. The third-order valence-corrected chi connectivity index (χ3v) is 6.78. The number of nitrogens with one attached hydrogen (secondary N) is 1. The number of primary amides is 1. The van der Waals surface area contributed by atoms with Gasteiger partial charge in [-0.1, -0.05) is 12.5 Å². The highest BCUT2D eigenvalue weighted by Crippen LogP contribution is 2.30. The third-order valence-electron chi connectivity index (χ3n) is 6.78. The number of aliphatic hydroxyl groups excluding tert-OH is 1. The number of nitrogens with two attached hydrogens (primary N) is 1. The smallest absolute Gasteiger partial charge is 0.255 e. The molecule has 4 rings (SSSR count). The standard InChI is InChI=1S/C27H36N6O5/c1-4-24(34)32-9-7-20(18-32)33-27(29-8-10-31-11-13-38-14-12-31)25(26(28)35)23(30-33)6-5-19-15-21(36-2)17-22(16-19)37-3/h4,15-17,20,24,29,34H,1,7-14,18H2,2-3H3,(H2,28,35)/t20-,24?/m0/s1. The predicted molar refractivity (Wildman–Crippen MR) is 143 cm³/mol. The van der Waals surface area contributed by atoms with E-state index >= 15 is 0 Å². The number of hydrogen-bond acceptors (Lipinski definition) is 9. The topological polar surface area (TPSA) is 127 Å². The van der Waals surface area contributed by atoms with Gasteiger partial charge >= 0.3 is 0 Å². The number of hydrogen-bond donors (Lipinski definition) is 3. The summed E-state index contributed by atoms with van der Waals surface area (Å²) in [6.07, 6.45) is 1.50. The van der Waals surface area contributed by atoms with Gasteiger partial charge in [-0.05, 0) is 30.6 Å². The molecule has 204 valence electrons. The second kappa shape index (κ2) is 12.8. The highest BCUT2D eigenvalue weighted by molar-refractivity contribution is 6.00. The van der Waals surface area contributed by atoms with Crippen LogP contribution in [-0.4, -0.2) is 104 Å². The van der Waals surface area contributed by atoms with E-state index in [0.717, 1.165) is 26.1 Å². The monoisotopic (exact) mass is 524 g/mol. The number of benzene rings is 1. The Morgan fingerprint density at radius 1 is 1.26 bits per heavy atom. The molecule has 3 heterocycles. The summed E-state index contributed by atoms with van der Waals surface area (Å²) in [4.78, 5) is 16.9. The lowest BCUT2D eigenvalue weighted by atomic mass is 10.1. The minimum atomic E-state index is -0.744. The van der Waals surface area contributed by atoms with Crippen molar-refractivity contribution in [2.24, 2.45) is 5.73 Å². The van der Waals surface area contributed by atoms with Crippen LogP contribution in [0.3, 0.4) is 0 Å². The van der Waals surface area contributed by atoms with Gasteiger partial charge in [-0.3, -0.25) is 14.6 Å². The van der Waals surface area contributed by atoms with Gasteiger partial charge in [-0.15, -0.1) is 0 Å². The van der Waals surface area contributed by atoms with Crippen molar-refractivity contribution >= 4 is 11.7 Å². The molecular formula is C27H36N6O5. The Bertz CT molecular complexity index is 1170. The van der Waals surface area contributed by atoms with Crippen LogP contribution >= 0.6 is 0 Å². The van der Waals surface area contributed by atoms with Crippen molar-refractivity contribution < 1.29 is 24.1 Å². The summed E-state index contributed by atoms with van der Waals surface area (Å²) < 4.78 is 17.9. The number of likely N-dealkylation sites (tertiary alicyclic amines) is 1. The van der Waals surface area contributed by atoms with Crippen LogP contribution in [-0.2, 0) is 4.74 Å². The fourth-order valence-corrected chi connectivity index (χ4v) is 4.71. The first-order valence-electron chi connectivity index (χ1n) is 12.7. The van der Waals surface area contributed by atoms with E-state index in [0.29, 0.717) is 55.7 Å². The van der Waals surface area contributed by atoms with Crippen LogP contribution in [0.15, 0.2) is 30.9 Å². The molecule has 1 aromatic heterocycles. The van der Waals surface area contributed by atoms with Crippen LogP contribution in [0.5, 0.6) is 11.5 Å². The average Bonchev–Trinajstić information content (AvgIpc) is 3.57. The van der Waals surface area contributed by atoms with Gasteiger partial charge in [0.2, 0.25) is 0 Å². The molecule has 2 aliphatic heterocycles. The number of rotatable bonds is 10. The molecule has 1 unspecified atom stereocenters. The number of aromatic nitrogens is 2. The van der Waals surface area contributed by atoms with E-state index in [4.69, 9.17) is 25.0 Å². The van der Waals surface area contributed by atoms with Crippen LogP contribution in [0.4, 0.5) is 5.82 Å². The number of aliphatic hydroxyl groups is 1. The molecule has 0 aliphatic carbocycles. The van der Waals surface area contributed by atoms with E-state index in [-0.39, 0.29) is 17.3 Å². The van der Waals surface area contributed by atoms with Crippen molar-refractivity contribution in [3.05, 3.63) is 47.7 Å². The van der Waals surface area contributed by atoms with Gasteiger partial charge in [0.25, 0.3) is 5.91 Å². The third kappa shape index (κ3) is 6.46. The molecule has 2 aliphatic rings. The highest BCUT2D eigenvalue weighted by atomic mass is 16.5. The normalized spacial score (nSPS) is 18.9. The second-order valence-electron chi connectivity index (χ2n) is 9.20. The number of carbonyl (C=O) groups is 1. The first kappa shape index (κ1) is 27.5. The summed E-state index contributed by atoms with van der Waals surface area (Å²) in [6, 6.07) is 5.24. The minimum absolute atomic E-state index is 0.0824. The lowest BCUT2D eigenvalue weighted by Gasteiger charge is -2.27. The van der Waals surface area contributed by atoms with Gasteiger partial charge in [0.15, 0.2) is 5.69 Å².